The lowest BCUT2D eigenvalue weighted by molar-refractivity contribution is -0.257. The number of carbonyl (C=O) groups is 4. The molecule has 6 atom stereocenters. The molecule has 0 spiro atoms. The van der Waals surface area contributed by atoms with E-state index in [-0.39, 0.29) is 52.9 Å². The Kier molecular flexibility index (Phi) is 10.2. The van der Waals surface area contributed by atoms with Crippen molar-refractivity contribution in [2.45, 2.75) is 75.3 Å². The van der Waals surface area contributed by atoms with E-state index in [9.17, 15) is 39.6 Å². The van der Waals surface area contributed by atoms with Gasteiger partial charge in [-0.15, -0.1) is 12.4 Å². The lowest BCUT2D eigenvalue weighted by Gasteiger charge is -2.44. The van der Waals surface area contributed by atoms with Crippen molar-refractivity contribution in [1.29, 1.82) is 0 Å². The van der Waals surface area contributed by atoms with E-state index in [0.717, 1.165) is 25.9 Å². The molecule has 0 aromatic heterocycles. The number of phenols is 2. The van der Waals surface area contributed by atoms with Crippen LogP contribution in [0.3, 0.4) is 0 Å². The predicted octanol–water partition coefficient (Wildman–Crippen LogP) is 1.07. The monoisotopic (exact) mass is 690 g/mol. The average molecular weight is 691 g/mol. The van der Waals surface area contributed by atoms with Crippen LogP contribution in [-0.2, 0) is 30.2 Å². The van der Waals surface area contributed by atoms with Gasteiger partial charge in [-0.2, -0.15) is 0 Å². The van der Waals surface area contributed by atoms with Crippen molar-refractivity contribution in [3.05, 3.63) is 51.6 Å². The number of aromatic hydroxyl groups is 2. The van der Waals surface area contributed by atoms with Crippen molar-refractivity contribution >= 4 is 35.7 Å². The molecule has 2 heterocycles. The number of hydrogen-bond donors (Lipinski definition) is 5. The number of nitrogens with two attached hydrogens (primary N) is 1. The fraction of sp³-hybridized carbons (Fsp3) is 0.515. The molecule has 48 heavy (non-hydrogen) atoms. The molecular formula is C33H39ClN2O12. The van der Waals surface area contributed by atoms with Crippen LogP contribution >= 0.6 is 12.4 Å². The third-order valence-electron chi connectivity index (χ3n) is 9.73. The van der Waals surface area contributed by atoms with Crippen LogP contribution in [0.4, 0.5) is 0 Å². The van der Waals surface area contributed by atoms with Crippen molar-refractivity contribution in [2.75, 3.05) is 33.4 Å². The molecule has 2 aliphatic carbocycles. The molecule has 4 aliphatic rings. The molecule has 0 bridgehead atoms. The minimum absolute atomic E-state index is 0. The van der Waals surface area contributed by atoms with Gasteiger partial charge < -0.3 is 45.1 Å². The highest BCUT2D eigenvalue weighted by Gasteiger charge is 2.51. The molecule has 2 saturated heterocycles. The summed E-state index contributed by atoms with van der Waals surface area (Å²) in [6.07, 6.45) is -2.76. The number of likely N-dealkylation sites (tertiary alicyclic amines) is 1. The van der Waals surface area contributed by atoms with Gasteiger partial charge in [-0.3, -0.25) is 24.1 Å². The summed E-state index contributed by atoms with van der Waals surface area (Å²) in [6.45, 7) is 1.93. The van der Waals surface area contributed by atoms with Gasteiger partial charge >= 0.3 is 5.97 Å². The molecule has 2 aliphatic heterocycles. The van der Waals surface area contributed by atoms with E-state index in [1.54, 1.807) is 6.92 Å². The quantitative estimate of drug-likeness (QED) is 0.165. The molecular weight excluding hydrogens is 652 g/mol. The Hall–Kier alpha value is -3.63. The van der Waals surface area contributed by atoms with Gasteiger partial charge in [-0.05, 0) is 38.9 Å². The van der Waals surface area contributed by atoms with Crippen molar-refractivity contribution < 1.29 is 58.6 Å². The van der Waals surface area contributed by atoms with Crippen LogP contribution in [0.5, 0.6) is 17.2 Å². The largest absolute Gasteiger partial charge is 0.507 e. The van der Waals surface area contributed by atoms with Gasteiger partial charge in [0.25, 0.3) is 0 Å². The second kappa shape index (κ2) is 13.7. The topological polar surface area (TPSA) is 215 Å². The summed E-state index contributed by atoms with van der Waals surface area (Å²) in [6, 6.07) is 4.07. The van der Waals surface area contributed by atoms with Gasteiger partial charge in [0.1, 0.15) is 22.8 Å². The first kappa shape index (κ1) is 35.7. The number of ketones is 3. The average Bonchev–Trinajstić information content (AvgIpc) is 3.59. The van der Waals surface area contributed by atoms with Crippen LogP contribution in [0.15, 0.2) is 18.2 Å². The van der Waals surface area contributed by atoms with E-state index < -0.39 is 102 Å². The molecule has 260 valence electrons. The van der Waals surface area contributed by atoms with E-state index in [1.807, 2.05) is 0 Å². The summed E-state index contributed by atoms with van der Waals surface area (Å²) in [7, 11) is 1.33. The van der Waals surface area contributed by atoms with Gasteiger partial charge in [0.05, 0.1) is 48.7 Å². The highest BCUT2D eigenvalue weighted by Crippen LogP contribution is 2.52. The molecule has 2 fully saturated rings. The van der Waals surface area contributed by atoms with E-state index >= 15 is 0 Å². The number of hydrogen-bond acceptors (Lipinski definition) is 14. The molecule has 2 aromatic rings. The SMILES string of the molecule is COc1cccc2c1C(=O)c1c(O)c3c(c(O)c1C2=O)C[C@@](O)(C(=O)COC(=O)CN)C[C@@H]3O[C@H]1C[C@H](N2CCCC2)[C@H](O)[C@H](C)O1.Cl. The van der Waals surface area contributed by atoms with E-state index in [2.05, 4.69) is 4.90 Å². The van der Waals surface area contributed by atoms with E-state index in [1.165, 1.54) is 25.3 Å². The number of benzene rings is 2. The lowest BCUT2D eigenvalue weighted by Crippen LogP contribution is -2.55. The van der Waals surface area contributed by atoms with Crippen LogP contribution in [-0.4, -0.2) is 112 Å². The van der Waals surface area contributed by atoms with Gasteiger partial charge in [-0.1, -0.05) is 12.1 Å². The highest BCUT2D eigenvalue weighted by molar-refractivity contribution is 6.31. The molecule has 0 amide bonds. The lowest BCUT2D eigenvalue weighted by atomic mass is 9.72. The first-order chi connectivity index (χ1) is 22.4. The maximum Gasteiger partial charge on any atom is 0.320 e. The van der Waals surface area contributed by atoms with Crippen LogP contribution in [0, 0.1) is 0 Å². The Bertz CT molecular complexity index is 1640. The van der Waals surface area contributed by atoms with Crippen molar-refractivity contribution in [3.8, 4) is 17.2 Å². The van der Waals surface area contributed by atoms with Crippen LogP contribution < -0.4 is 10.5 Å². The van der Waals surface area contributed by atoms with Gasteiger partial charge in [0.2, 0.25) is 11.6 Å². The second-order valence-electron chi connectivity index (χ2n) is 12.5. The molecule has 0 unspecified atom stereocenters. The van der Waals surface area contributed by atoms with Crippen LogP contribution in [0.25, 0.3) is 0 Å². The first-order valence-electron chi connectivity index (χ1n) is 15.6. The minimum atomic E-state index is -2.30. The number of nitrogens with zero attached hydrogens (tertiary/aromatic N) is 1. The third-order valence-corrected chi connectivity index (χ3v) is 9.73. The number of rotatable bonds is 8. The van der Waals surface area contributed by atoms with E-state index in [0.29, 0.717) is 0 Å². The van der Waals surface area contributed by atoms with Crippen molar-refractivity contribution in [1.82, 2.24) is 4.90 Å². The maximum absolute atomic E-state index is 13.9. The maximum atomic E-state index is 13.9. The Labute approximate surface area is 282 Å². The number of esters is 1. The van der Waals surface area contributed by atoms with Gasteiger partial charge in [0.15, 0.2) is 18.7 Å². The summed E-state index contributed by atoms with van der Waals surface area (Å²) >= 11 is 0. The number of aliphatic hydroxyl groups is 2. The number of methoxy groups -OCH3 is 1. The summed E-state index contributed by atoms with van der Waals surface area (Å²) in [5.41, 5.74) is 1.59. The third kappa shape index (κ3) is 5.95. The Morgan fingerprint density at radius 1 is 1.08 bits per heavy atom. The normalized spacial score (nSPS) is 28.1. The van der Waals surface area contributed by atoms with Gasteiger partial charge in [0, 0.05) is 42.0 Å². The molecule has 0 radical (unpaired) electrons. The summed E-state index contributed by atoms with van der Waals surface area (Å²) in [5, 5.41) is 46.1. The summed E-state index contributed by atoms with van der Waals surface area (Å²) in [5.74, 6) is -4.62. The number of fused-ring (bicyclic) bond motifs is 3. The second-order valence-corrected chi connectivity index (χ2v) is 12.5. The predicted molar refractivity (Wildman–Crippen MR) is 169 cm³/mol. The zero-order valence-corrected chi connectivity index (χ0v) is 27.3. The number of ether oxygens (including phenoxy) is 4. The smallest absolute Gasteiger partial charge is 0.320 e. The molecule has 6 N–H and O–H groups in total. The number of carbonyl (C=O) groups excluding carboxylic acids is 4. The highest BCUT2D eigenvalue weighted by atomic mass is 35.5. The number of aliphatic hydroxyl groups excluding tert-OH is 1. The fourth-order valence-corrected chi connectivity index (χ4v) is 7.32. The Balaban J connectivity index is 0.00000451. The van der Waals surface area contributed by atoms with Crippen LogP contribution in [0.1, 0.15) is 81.7 Å². The summed E-state index contributed by atoms with van der Waals surface area (Å²) < 4.78 is 22.6. The number of Topliss-reactive ketones (excluding diaryl/α,β-unsaturated/α-hetero) is 1. The summed E-state index contributed by atoms with van der Waals surface area (Å²) in [4.78, 5) is 54.9. The van der Waals surface area contributed by atoms with Gasteiger partial charge in [-0.25, -0.2) is 0 Å². The number of phenolic OH excluding ortho intramolecular Hbond substituents is 2. The molecule has 2 aromatic carbocycles. The number of halogens is 1. The molecule has 6 rings (SSSR count). The standard InChI is InChI=1S/C33H38N2O12.ClH/c1-15-28(38)18(35-8-3-4-9-35)10-23(46-15)47-20-12-33(43,21(36)14-45-22(37)13-34)11-17-25(20)32(42)27-26(30(17)40)29(39)16-6-5-7-19(44-2)24(16)31(27)41;/h5-7,15,18,20,23,28,38,40,42-43H,3-4,8-14,34H2,1-2H3;1H/t15-,18-,20-,23-,28+,33-;/m0./s1. The molecule has 0 saturated carbocycles. The van der Waals surface area contributed by atoms with Crippen molar-refractivity contribution in [3.63, 3.8) is 0 Å². The van der Waals surface area contributed by atoms with E-state index in [4.69, 9.17) is 24.7 Å². The fourth-order valence-electron chi connectivity index (χ4n) is 7.32. The zero-order chi connectivity index (χ0) is 33.8. The minimum Gasteiger partial charge on any atom is -0.507 e. The molecule has 14 nitrogen and oxygen atoms in total. The Morgan fingerprint density at radius 2 is 1.77 bits per heavy atom. The van der Waals surface area contributed by atoms with Crippen LogP contribution in [0.2, 0.25) is 0 Å². The zero-order valence-electron chi connectivity index (χ0n) is 26.5. The molecule has 15 heteroatoms. The first-order valence-corrected chi connectivity index (χ1v) is 15.6. The Morgan fingerprint density at radius 3 is 2.44 bits per heavy atom. The van der Waals surface area contributed by atoms with Crippen molar-refractivity contribution in [2.24, 2.45) is 5.73 Å².